The third-order valence-corrected chi connectivity index (χ3v) is 3.63. The van der Waals surface area contributed by atoms with Crippen LogP contribution >= 0.6 is 0 Å². The summed E-state index contributed by atoms with van der Waals surface area (Å²) in [5, 5.41) is 11.6. The van der Waals surface area contributed by atoms with Gasteiger partial charge in [-0.1, -0.05) is 19.9 Å². The normalized spacial score (nSPS) is 20.2. The van der Waals surface area contributed by atoms with Gasteiger partial charge < -0.3 is 15.3 Å². The van der Waals surface area contributed by atoms with E-state index in [1.807, 2.05) is 0 Å². The van der Waals surface area contributed by atoms with Gasteiger partial charge in [0.05, 0.1) is 0 Å². The first-order valence-electron chi connectivity index (χ1n) is 6.75. The summed E-state index contributed by atoms with van der Waals surface area (Å²) in [5.41, 5.74) is 0.252. The molecule has 0 aromatic carbocycles. The average molecular weight is 268 g/mol. The Morgan fingerprint density at radius 3 is 2.68 bits per heavy atom. The van der Waals surface area contributed by atoms with Crippen molar-refractivity contribution in [2.45, 2.75) is 45.6 Å². The van der Waals surface area contributed by atoms with Gasteiger partial charge in [0, 0.05) is 13.1 Å². The van der Waals surface area contributed by atoms with Crippen molar-refractivity contribution in [3.8, 4) is 0 Å². The molecule has 1 atom stereocenters. The summed E-state index contributed by atoms with van der Waals surface area (Å²) in [6, 6.07) is -1.17. The third kappa shape index (κ3) is 4.93. The molecule has 0 radical (unpaired) electrons. The molecule has 0 aliphatic carbocycles. The van der Waals surface area contributed by atoms with Gasteiger partial charge in [0.15, 0.2) is 0 Å². The van der Waals surface area contributed by atoms with Crippen molar-refractivity contribution in [2.24, 2.45) is 5.41 Å². The second-order valence-electron chi connectivity index (χ2n) is 5.87. The van der Waals surface area contributed by atoms with Gasteiger partial charge in [0.2, 0.25) is 0 Å². The molecule has 0 saturated carbocycles. The molecule has 0 aromatic rings. The lowest BCUT2D eigenvalue weighted by molar-refractivity contribution is -0.139. The molecule has 2 N–H and O–H groups in total. The number of urea groups is 1. The van der Waals surface area contributed by atoms with Crippen LogP contribution in [0.2, 0.25) is 0 Å². The Hall–Kier alpha value is -1.52. The number of carboxylic acids is 1. The molecule has 1 unspecified atom stereocenters. The first-order valence-corrected chi connectivity index (χ1v) is 6.75. The number of carboxylic acid groups (broad SMARTS) is 1. The quantitative estimate of drug-likeness (QED) is 0.768. The van der Waals surface area contributed by atoms with Crippen molar-refractivity contribution < 1.29 is 14.7 Å². The van der Waals surface area contributed by atoms with E-state index in [4.69, 9.17) is 5.11 Å². The van der Waals surface area contributed by atoms with Crippen molar-refractivity contribution in [1.82, 2.24) is 10.2 Å². The molecule has 1 heterocycles. The second kappa shape index (κ2) is 6.59. The van der Waals surface area contributed by atoms with E-state index in [0.717, 1.165) is 19.3 Å². The molecular formula is C14H24N2O3. The van der Waals surface area contributed by atoms with Crippen LogP contribution in [-0.4, -0.2) is 41.1 Å². The van der Waals surface area contributed by atoms with E-state index in [2.05, 4.69) is 25.7 Å². The molecule has 5 heteroatoms. The largest absolute Gasteiger partial charge is 0.480 e. The first kappa shape index (κ1) is 15.5. The summed E-state index contributed by atoms with van der Waals surface area (Å²) >= 11 is 0. The van der Waals surface area contributed by atoms with Crippen molar-refractivity contribution in [3.63, 3.8) is 0 Å². The molecule has 0 aromatic heterocycles. The lowest BCUT2D eigenvalue weighted by Crippen LogP contribution is -2.48. The van der Waals surface area contributed by atoms with E-state index in [-0.39, 0.29) is 17.9 Å². The van der Waals surface area contributed by atoms with E-state index in [1.54, 1.807) is 4.90 Å². The number of hydrogen-bond acceptors (Lipinski definition) is 2. The summed E-state index contributed by atoms with van der Waals surface area (Å²) in [6.07, 6.45) is 4.73. The van der Waals surface area contributed by atoms with E-state index in [0.29, 0.717) is 13.1 Å². The maximum absolute atomic E-state index is 12.1. The number of hydrogen-bond donors (Lipinski definition) is 2. The smallest absolute Gasteiger partial charge is 0.326 e. The van der Waals surface area contributed by atoms with Crippen LogP contribution in [0.5, 0.6) is 0 Å². The first-order chi connectivity index (χ1) is 8.85. The molecule has 1 rings (SSSR count). The number of carbonyl (C=O) groups is 2. The van der Waals surface area contributed by atoms with Crippen LogP contribution in [0.4, 0.5) is 4.79 Å². The number of likely N-dealkylation sites (tertiary alicyclic amines) is 1. The van der Waals surface area contributed by atoms with Crippen LogP contribution in [-0.2, 0) is 4.79 Å². The third-order valence-electron chi connectivity index (χ3n) is 3.63. The fourth-order valence-electron chi connectivity index (χ4n) is 2.25. The van der Waals surface area contributed by atoms with Crippen molar-refractivity contribution in [1.29, 1.82) is 0 Å². The zero-order chi connectivity index (χ0) is 14.5. The van der Waals surface area contributed by atoms with Crippen molar-refractivity contribution >= 4 is 12.0 Å². The highest BCUT2D eigenvalue weighted by Crippen LogP contribution is 2.29. The van der Waals surface area contributed by atoms with E-state index >= 15 is 0 Å². The Morgan fingerprint density at radius 1 is 1.42 bits per heavy atom. The molecule has 0 spiro atoms. The van der Waals surface area contributed by atoms with Gasteiger partial charge in [-0.3, -0.25) is 0 Å². The summed E-state index contributed by atoms with van der Waals surface area (Å²) in [7, 11) is 0. The van der Waals surface area contributed by atoms with Crippen LogP contribution in [0.15, 0.2) is 12.7 Å². The van der Waals surface area contributed by atoms with Gasteiger partial charge in [0.25, 0.3) is 0 Å². The lowest BCUT2D eigenvalue weighted by atomic mass is 9.85. The number of amides is 2. The van der Waals surface area contributed by atoms with Crippen LogP contribution in [0.3, 0.4) is 0 Å². The fraction of sp³-hybridized carbons (Fsp3) is 0.714. The Kier molecular flexibility index (Phi) is 5.39. The second-order valence-corrected chi connectivity index (χ2v) is 5.87. The minimum absolute atomic E-state index is 0.237. The molecule has 5 nitrogen and oxygen atoms in total. The van der Waals surface area contributed by atoms with Crippen LogP contribution in [0.1, 0.15) is 39.5 Å². The highest BCUT2D eigenvalue weighted by Gasteiger charge is 2.27. The van der Waals surface area contributed by atoms with E-state index < -0.39 is 12.0 Å². The fourth-order valence-corrected chi connectivity index (χ4v) is 2.25. The maximum Gasteiger partial charge on any atom is 0.326 e. The molecule has 0 bridgehead atoms. The molecule has 1 saturated heterocycles. The van der Waals surface area contributed by atoms with Gasteiger partial charge in [-0.2, -0.15) is 0 Å². The van der Waals surface area contributed by atoms with Gasteiger partial charge in [-0.25, -0.2) is 9.59 Å². The number of nitrogens with one attached hydrogen (secondary N) is 1. The Balaban J connectivity index is 2.57. The van der Waals surface area contributed by atoms with Crippen molar-refractivity contribution in [2.75, 3.05) is 13.1 Å². The maximum atomic E-state index is 12.1. The average Bonchev–Trinajstić information content (AvgIpc) is 2.49. The molecule has 1 fully saturated rings. The molecule has 2 amide bonds. The predicted molar refractivity (Wildman–Crippen MR) is 74.0 cm³/mol. The van der Waals surface area contributed by atoms with Crippen LogP contribution < -0.4 is 5.32 Å². The highest BCUT2D eigenvalue weighted by molar-refractivity contribution is 5.82. The Labute approximate surface area is 114 Å². The van der Waals surface area contributed by atoms with Gasteiger partial charge >= 0.3 is 12.0 Å². The zero-order valence-corrected chi connectivity index (χ0v) is 11.8. The highest BCUT2D eigenvalue weighted by atomic mass is 16.4. The minimum atomic E-state index is -1.02. The van der Waals surface area contributed by atoms with Crippen LogP contribution in [0.25, 0.3) is 0 Å². The molecule has 108 valence electrons. The lowest BCUT2D eigenvalue weighted by Gasteiger charge is -2.25. The van der Waals surface area contributed by atoms with Gasteiger partial charge in [-0.05, 0) is 31.1 Å². The van der Waals surface area contributed by atoms with Crippen LogP contribution in [0, 0.1) is 5.41 Å². The minimum Gasteiger partial charge on any atom is -0.480 e. The number of aliphatic carboxylic acids is 1. The number of nitrogens with zero attached hydrogens (tertiary/aromatic N) is 1. The topological polar surface area (TPSA) is 69.6 Å². The standard InChI is InChI=1S/C14H24N2O3/c1-4-6-11(12(17)18)15-13(19)16-9-5-7-14(2,3)8-10-16/h4,11H,1,5-10H2,2-3H3,(H,15,19)(H,17,18). The van der Waals surface area contributed by atoms with E-state index in [1.165, 1.54) is 6.08 Å². The summed E-state index contributed by atoms with van der Waals surface area (Å²) < 4.78 is 0. The van der Waals surface area contributed by atoms with E-state index in [9.17, 15) is 9.59 Å². The summed E-state index contributed by atoms with van der Waals surface area (Å²) in [5.74, 6) is -1.02. The predicted octanol–water partition coefficient (Wildman–Crippen LogP) is 2.24. The molecule has 19 heavy (non-hydrogen) atoms. The van der Waals surface area contributed by atoms with Gasteiger partial charge in [0.1, 0.15) is 6.04 Å². The summed E-state index contributed by atoms with van der Waals surface area (Å²) in [6.45, 7) is 9.28. The SMILES string of the molecule is C=CCC(NC(=O)N1CCCC(C)(C)CC1)C(=O)O. The number of rotatable bonds is 4. The monoisotopic (exact) mass is 268 g/mol. The van der Waals surface area contributed by atoms with Gasteiger partial charge in [-0.15, -0.1) is 6.58 Å². The Morgan fingerprint density at radius 2 is 2.11 bits per heavy atom. The van der Waals surface area contributed by atoms with Crippen molar-refractivity contribution in [3.05, 3.63) is 12.7 Å². The zero-order valence-electron chi connectivity index (χ0n) is 11.8. The number of carbonyl (C=O) groups excluding carboxylic acids is 1. The Bertz CT molecular complexity index is 353. The molecule has 1 aliphatic rings. The summed E-state index contributed by atoms with van der Waals surface area (Å²) in [4.78, 5) is 24.8. The molecular weight excluding hydrogens is 244 g/mol. The molecule has 1 aliphatic heterocycles.